The molecule has 2 atom stereocenters. The number of hydrazone groups is 1. The number of pyridine rings is 2. The number of rotatable bonds is 4. The van der Waals surface area contributed by atoms with E-state index in [0.717, 1.165) is 39.7 Å². The number of benzene rings is 1. The number of hydrogen-bond acceptors (Lipinski definition) is 5. The minimum Gasteiger partial charge on any atom is -0.354 e. The second-order valence-electron chi connectivity index (χ2n) is 8.03. The van der Waals surface area contributed by atoms with Crippen molar-refractivity contribution in [2.75, 3.05) is 5.32 Å². The van der Waals surface area contributed by atoms with Crippen LogP contribution < -0.4 is 10.7 Å². The third-order valence-corrected chi connectivity index (χ3v) is 6.00. The average Bonchev–Trinajstić information content (AvgIpc) is 3.57. The quantitative estimate of drug-likeness (QED) is 0.468. The first-order valence-corrected chi connectivity index (χ1v) is 10.3. The standard InChI is InChI=1S/C24H18N6O2/c31-23(17-9-16(17)13-3-1-5-25-10-13)28-15-7-18-21-19(12-27-30-24(18)32)22(29-20(21)8-15)14-4-2-6-26-11-14/h1-8,10-12,16-17,29H,9H2,(H,28,31)(H,30,32). The maximum absolute atomic E-state index is 12.9. The van der Waals surface area contributed by atoms with Crippen molar-refractivity contribution >= 4 is 34.6 Å². The van der Waals surface area contributed by atoms with Crippen LogP contribution in [0.5, 0.6) is 0 Å². The van der Waals surface area contributed by atoms with E-state index in [1.807, 2.05) is 36.5 Å². The highest BCUT2D eigenvalue weighted by atomic mass is 16.2. The highest BCUT2D eigenvalue weighted by Gasteiger charge is 2.44. The summed E-state index contributed by atoms with van der Waals surface area (Å²) < 4.78 is 0. The van der Waals surface area contributed by atoms with Gasteiger partial charge < -0.3 is 10.3 Å². The Labute approximate surface area is 182 Å². The number of H-pyrrole nitrogens is 1. The molecular weight excluding hydrogens is 404 g/mol. The predicted octanol–water partition coefficient (Wildman–Crippen LogP) is 3.44. The zero-order valence-corrected chi connectivity index (χ0v) is 16.9. The Morgan fingerprint density at radius 1 is 1.09 bits per heavy atom. The van der Waals surface area contributed by atoms with E-state index in [1.165, 1.54) is 0 Å². The molecule has 1 aliphatic carbocycles. The maximum atomic E-state index is 12.9. The van der Waals surface area contributed by atoms with E-state index in [-0.39, 0.29) is 23.7 Å². The molecule has 1 fully saturated rings. The lowest BCUT2D eigenvalue weighted by atomic mass is 10.0. The summed E-state index contributed by atoms with van der Waals surface area (Å²) in [5.41, 5.74) is 7.88. The molecule has 2 aliphatic rings. The van der Waals surface area contributed by atoms with Crippen LogP contribution in [0, 0.1) is 5.92 Å². The lowest BCUT2D eigenvalue weighted by Gasteiger charge is -2.08. The van der Waals surface area contributed by atoms with E-state index in [2.05, 4.69) is 30.8 Å². The molecule has 1 saturated carbocycles. The van der Waals surface area contributed by atoms with E-state index >= 15 is 0 Å². The summed E-state index contributed by atoms with van der Waals surface area (Å²) in [6.07, 6.45) is 9.42. The number of carbonyl (C=O) groups is 2. The van der Waals surface area contributed by atoms with Crippen molar-refractivity contribution in [3.8, 4) is 11.3 Å². The Bertz CT molecular complexity index is 1390. The lowest BCUT2D eigenvalue weighted by Crippen LogP contribution is -2.18. The van der Waals surface area contributed by atoms with Crippen LogP contribution in [-0.2, 0) is 4.79 Å². The van der Waals surface area contributed by atoms with Crippen LogP contribution in [0.25, 0.3) is 22.2 Å². The number of anilines is 1. The summed E-state index contributed by atoms with van der Waals surface area (Å²) in [7, 11) is 0. The van der Waals surface area contributed by atoms with Gasteiger partial charge in [-0.25, -0.2) is 5.43 Å². The topological polar surface area (TPSA) is 112 Å². The molecule has 6 rings (SSSR count). The van der Waals surface area contributed by atoms with Gasteiger partial charge >= 0.3 is 0 Å². The lowest BCUT2D eigenvalue weighted by molar-refractivity contribution is -0.117. The third-order valence-electron chi connectivity index (χ3n) is 6.00. The van der Waals surface area contributed by atoms with Gasteiger partial charge in [0.2, 0.25) is 5.91 Å². The molecule has 2 unspecified atom stereocenters. The fourth-order valence-electron chi connectivity index (χ4n) is 4.38. The smallest absolute Gasteiger partial charge is 0.272 e. The SMILES string of the molecule is O=C1NN=Cc2c(-c3cccnc3)[nH]c3cc(NC(=O)C4CC4c4cccnc4)cc1c23. The Balaban J connectivity index is 1.36. The second-order valence-corrected chi connectivity index (χ2v) is 8.03. The summed E-state index contributed by atoms with van der Waals surface area (Å²) >= 11 is 0. The summed E-state index contributed by atoms with van der Waals surface area (Å²) in [5, 5.41) is 7.82. The van der Waals surface area contributed by atoms with Gasteiger partial charge in [-0.2, -0.15) is 5.10 Å². The van der Waals surface area contributed by atoms with E-state index in [0.29, 0.717) is 11.3 Å². The molecule has 4 aromatic rings. The molecule has 0 saturated heterocycles. The van der Waals surface area contributed by atoms with Gasteiger partial charge in [-0.05, 0) is 48.2 Å². The number of nitrogens with zero attached hydrogens (tertiary/aromatic N) is 3. The normalized spacial score (nSPS) is 18.8. The second kappa shape index (κ2) is 7.12. The summed E-state index contributed by atoms with van der Waals surface area (Å²) in [4.78, 5) is 37.3. The molecule has 3 aromatic heterocycles. The van der Waals surface area contributed by atoms with Gasteiger partial charge in [0, 0.05) is 58.4 Å². The predicted molar refractivity (Wildman–Crippen MR) is 120 cm³/mol. The van der Waals surface area contributed by atoms with Gasteiger partial charge in [-0.1, -0.05) is 6.07 Å². The fourth-order valence-corrected chi connectivity index (χ4v) is 4.38. The average molecular weight is 422 g/mol. The van der Waals surface area contributed by atoms with Crippen molar-refractivity contribution in [1.29, 1.82) is 0 Å². The van der Waals surface area contributed by atoms with Crippen LogP contribution in [0.15, 0.2) is 66.3 Å². The van der Waals surface area contributed by atoms with Gasteiger partial charge in [-0.15, -0.1) is 0 Å². The Morgan fingerprint density at radius 3 is 2.72 bits per heavy atom. The van der Waals surface area contributed by atoms with E-state index < -0.39 is 0 Å². The van der Waals surface area contributed by atoms with Crippen LogP contribution in [-0.4, -0.2) is 33.0 Å². The maximum Gasteiger partial charge on any atom is 0.272 e. The van der Waals surface area contributed by atoms with Crippen LogP contribution in [0.1, 0.15) is 33.8 Å². The van der Waals surface area contributed by atoms with Crippen LogP contribution in [0.4, 0.5) is 5.69 Å². The number of aromatic nitrogens is 3. The van der Waals surface area contributed by atoms with Crippen LogP contribution in [0.2, 0.25) is 0 Å². The molecule has 156 valence electrons. The first-order chi connectivity index (χ1) is 15.7. The van der Waals surface area contributed by atoms with Gasteiger partial charge in [0.1, 0.15) is 0 Å². The highest BCUT2D eigenvalue weighted by Crippen LogP contribution is 2.47. The molecular formula is C24H18N6O2. The zero-order valence-electron chi connectivity index (χ0n) is 16.9. The van der Waals surface area contributed by atoms with Gasteiger partial charge in [0.15, 0.2) is 0 Å². The van der Waals surface area contributed by atoms with Crippen molar-refractivity contribution in [1.82, 2.24) is 20.4 Å². The van der Waals surface area contributed by atoms with Crippen molar-refractivity contribution in [2.24, 2.45) is 11.0 Å². The molecule has 8 heteroatoms. The highest BCUT2D eigenvalue weighted by molar-refractivity contribution is 6.18. The molecule has 32 heavy (non-hydrogen) atoms. The molecule has 2 amide bonds. The molecule has 0 spiro atoms. The first-order valence-electron chi connectivity index (χ1n) is 10.3. The zero-order chi connectivity index (χ0) is 21.7. The van der Waals surface area contributed by atoms with Crippen LogP contribution in [0.3, 0.4) is 0 Å². The first kappa shape index (κ1) is 18.4. The molecule has 4 heterocycles. The Morgan fingerprint density at radius 2 is 1.94 bits per heavy atom. The van der Waals surface area contributed by atoms with Crippen molar-refractivity contribution in [3.05, 3.63) is 77.9 Å². The van der Waals surface area contributed by atoms with Crippen molar-refractivity contribution in [2.45, 2.75) is 12.3 Å². The van der Waals surface area contributed by atoms with E-state index in [4.69, 9.17) is 0 Å². The molecule has 1 aliphatic heterocycles. The number of hydrogen-bond donors (Lipinski definition) is 3. The molecule has 0 radical (unpaired) electrons. The molecule has 3 N–H and O–H groups in total. The Kier molecular flexibility index (Phi) is 4.10. The van der Waals surface area contributed by atoms with Crippen molar-refractivity contribution < 1.29 is 9.59 Å². The number of aromatic amines is 1. The van der Waals surface area contributed by atoms with Crippen molar-refractivity contribution in [3.63, 3.8) is 0 Å². The van der Waals surface area contributed by atoms with E-state index in [1.54, 1.807) is 30.9 Å². The molecule has 8 nitrogen and oxygen atoms in total. The minimum absolute atomic E-state index is 0.0602. The number of nitrogens with one attached hydrogen (secondary N) is 3. The van der Waals surface area contributed by atoms with Gasteiger partial charge in [-0.3, -0.25) is 19.6 Å². The van der Waals surface area contributed by atoms with Crippen LogP contribution >= 0.6 is 0 Å². The third kappa shape index (κ3) is 3.04. The molecule has 1 aromatic carbocycles. The van der Waals surface area contributed by atoms with Gasteiger partial charge in [0.25, 0.3) is 5.91 Å². The number of carbonyl (C=O) groups excluding carboxylic acids is 2. The van der Waals surface area contributed by atoms with Gasteiger partial charge in [0.05, 0.1) is 17.5 Å². The summed E-state index contributed by atoms with van der Waals surface area (Å²) in [5.74, 6) is -0.302. The number of amides is 2. The Hall–Kier alpha value is -4.33. The summed E-state index contributed by atoms with van der Waals surface area (Å²) in [6.45, 7) is 0. The minimum atomic E-state index is -0.322. The largest absolute Gasteiger partial charge is 0.354 e. The van der Waals surface area contributed by atoms with E-state index in [9.17, 15) is 9.59 Å². The monoisotopic (exact) mass is 422 g/mol. The fraction of sp³-hybridized carbons (Fsp3) is 0.125. The summed E-state index contributed by atoms with van der Waals surface area (Å²) in [6, 6.07) is 11.2. The molecule has 0 bridgehead atoms.